The first-order chi connectivity index (χ1) is 32.5. The number of anilines is 6. The van der Waals surface area contributed by atoms with Crippen molar-refractivity contribution in [1.82, 2.24) is 9.13 Å². The van der Waals surface area contributed by atoms with Crippen LogP contribution in [0.5, 0.6) is 0 Å². The van der Waals surface area contributed by atoms with E-state index in [1.807, 2.05) is 0 Å². The minimum absolute atomic E-state index is 0.0224. The minimum Gasteiger partial charge on any atom is -0.311 e. The summed E-state index contributed by atoms with van der Waals surface area (Å²) in [5.41, 5.74) is 20.8. The first kappa shape index (κ1) is 39.6. The van der Waals surface area contributed by atoms with Crippen LogP contribution in [0.2, 0.25) is 0 Å². The maximum absolute atomic E-state index is 2.53. The van der Waals surface area contributed by atoms with Crippen LogP contribution >= 0.6 is 0 Å². The van der Waals surface area contributed by atoms with Crippen LogP contribution in [0.15, 0.2) is 200 Å². The average Bonchev–Trinajstić information content (AvgIpc) is 3.86. The first-order valence-corrected chi connectivity index (χ1v) is 23.7. The van der Waals surface area contributed by atoms with Gasteiger partial charge in [-0.2, -0.15) is 0 Å². The normalized spacial score (nSPS) is 13.4. The topological polar surface area (TPSA) is 16.3 Å². The summed E-state index contributed by atoms with van der Waals surface area (Å²) in [5.74, 6) is 0. The van der Waals surface area contributed by atoms with E-state index in [0.29, 0.717) is 0 Å². The van der Waals surface area contributed by atoms with Crippen LogP contribution in [0.3, 0.4) is 0 Å². The Balaban J connectivity index is 1.09. The highest BCUT2D eigenvalue weighted by Crippen LogP contribution is 2.46. The Hall–Kier alpha value is -7.76. The molecule has 2 aromatic heterocycles. The van der Waals surface area contributed by atoms with Gasteiger partial charge in [0.2, 0.25) is 0 Å². The molecular formula is C62H51BN4. The van der Waals surface area contributed by atoms with Gasteiger partial charge in [0, 0.05) is 67.0 Å². The molecule has 0 aliphatic carbocycles. The predicted octanol–water partition coefficient (Wildman–Crippen LogP) is 14.6. The van der Waals surface area contributed by atoms with Gasteiger partial charge in [-0.1, -0.05) is 157 Å². The SMILES string of the molecule is CC(C)(C)c1ccc(N2c3cc(-n4c5ccccc5c5ccccc54)ccc3B3c4ccc(-n5c6ccccc6c6ccccc65)cc4N(c4ccc(C(C)(C)C)cc4)c4cccc2c43)cc1. The van der Waals surface area contributed by atoms with Crippen LogP contribution in [0, 0.1) is 0 Å². The molecule has 322 valence electrons. The van der Waals surface area contributed by atoms with Crippen molar-refractivity contribution in [3.05, 3.63) is 211 Å². The second kappa shape index (κ2) is 14.4. The van der Waals surface area contributed by atoms with Crippen LogP contribution in [-0.2, 0) is 10.8 Å². The summed E-state index contributed by atoms with van der Waals surface area (Å²) in [6.45, 7) is 13.7. The number of fused-ring (bicyclic) bond motifs is 10. The fraction of sp³-hybridized carbons (Fsp3) is 0.129. The number of aromatic nitrogens is 2. The molecule has 0 amide bonds. The molecule has 0 fully saturated rings. The van der Waals surface area contributed by atoms with E-state index in [9.17, 15) is 0 Å². The van der Waals surface area contributed by atoms with Crippen LogP contribution in [0.4, 0.5) is 34.1 Å². The van der Waals surface area contributed by atoms with Crippen LogP contribution in [0.1, 0.15) is 52.7 Å². The van der Waals surface area contributed by atoms with Crippen molar-refractivity contribution in [2.24, 2.45) is 0 Å². The highest BCUT2D eigenvalue weighted by molar-refractivity contribution is 7.00. The summed E-state index contributed by atoms with van der Waals surface area (Å²) >= 11 is 0. The lowest BCUT2D eigenvalue weighted by Gasteiger charge is -2.44. The number of para-hydroxylation sites is 4. The Morgan fingerprint density at radius 2 is 0.642 bits per heavy atom. The summed E-state index contributed by atoms with van der Waals surface area (Å²) < 4.78 is 4.90. The lowest BCUT2D eigenvalue weighted by atomic mass is 9.33. The Morgan fingerprint density at radius 1 is 0.313 bits per heavy atom. The molecule has 0 N–H and O–H groups in total. The van der Waals surface area contributed by atoms with Crippen molar-refractivity contribution in [3.63, 3.8) is 0 Å². The maximum Gasteiger partial charge on any atom is 0.252 e. The van der Waals surface area contributed by atoms with E-state index in [2.05, 4.69) is 261 Å². The molecule has 4 nitrogen and oxygen atoms in total. The first-order valence-electron chi connectivity index (χ1n) is 23.7. The maximum atomic E-state index is 2.53. The van der Waals surface area contributed by atoms with E-state index < -0.39 is 0 Å². The van der Waals surface area contributed by atoms with Crippen molar-refractivity contribution < 1.29 is 0 Å². The van der Waals surface area contributed by atoms with E-state index in [-0.39, 0.29) is 17.5 Å². The predicted molar refractivity (Wildman–Crippen MR) is 287 cm³/mol. The summed E-state index contributed by atoms with van der Waals surface area (Å²) in [4.78, 5) is 5.07. The molecule has 2 aliphatic rings. The third kappa shape index (κ3) is 5.93. The fourth-order valence-electron chi connectivity index (χ4n) is 11.4. The molecule has 2 aliphatic heterocycles. The van der Waals surface area contributed by atoms with Crippen LogP contribution in [0.25, 0.3) is 55.0 Å². The molecule has 0 radical (unpaired) electrons. The van der Waals surface area contributed by atoms with Crippen LogP contribution in [-0.4, -0.2) is 15.8 Å². The smallest absolute Gasteiger partial charge is 0.252 e. The Labute approximate surface area is 393 Å². The molecule has 0 saturated heterocycles. The average molecular weight is 863 g/mol. The molecular weight excluding hydrogens is 812 g/mol. The molecule has 0 saturated carbocycles. The van der Waals surface area contributed by atoms with E-state index in [4.69, 9.17) is 0 Å². The zero-order chi connectivity index (χ0) is 45.3. The second-order valence-corrected chi connectivity index (χ2v) is 20.6. The van der Waals surface area contributed by atoms with Gasteiger partial charge in [0.05, 0.1) is 22.1 Å². The zero-order valence-corrected chi connectivity index (χ0v) is 38.9. The van der Waals surface area contributed by atoms with Crippen LogP contribution < -0.4 is 26.2 Å². The third-order valence-corrected chi connectivity index (χ3v) is 14.6. The fourth-order valence-corrected chi connectivity index (χ4v) is 11.4. The molecule has 0 bridgehead atoms. The van der Waals surface area contributed by atoms with Gasteiger partial charge in [-0.05, 0) is 123 Å². The Morgan fingerprint density at radius 3 is 0.985 bits per heavy atom. The molecule has 0 spiro atoms. The van der Waals surface area contributed by atoms with Crippen molar-refractivity contribution >= 4 is 101 Å². The van der Waals surface area contributed by atoms with Crippen molar-refractivity contribution in [1.29, 1.82) is 0 Å². The molecule has 13 rings (SSSR count). The zero-order valence-electron chi connectivity index (χ0n) is 38.9. The van der Waals surface area contributed by atoms with E-state index in [1.54, 1.807) is 0 Å². The molecule has 0 atom stereocenters. The largest absolute Gasteiger partial charge is 0.311 e. The van der Waals surface area contributed by atoms with Gasteiger partial charge in [0.15, 0.2) is 0 Å². The van der Waals surface area contributed by atoms with Crippen molar-refractivity contribution in [2.75, 3.05) is 9.80 Å². The summed E-state index contributed by atoms with van der Waals surface area (Å²) in [5, 5.41) is 5.04. The highest BCUT2D eigenvalue weighted by Gasteiger charge is 2.43. The number of nitrogens with zero attached hydrogens (tertiary/aromatic N) is 4. The van der Waals surface area contributed by atoms with Gasteiger partial charge in [0.1, 0.15) is 0 Å². The summed E-state index contributed by atoms with van der Waals surface area (Å²) in [7, 11) is 0. The van der Waals surface area contributed by atoms with E-state index in [1.165, 1.54) is 93.9 Å². The van der Waals surface area contributed by atoms with Gasteiger partial charge in [-0.15, -0.1) is 0 Å². The Kier molecular flexibility index (Phi) is 8.49. The Bertz CT molecular complexity index is 3430. The third-order valence-electron chi connectivity index (χ3n) is 14.6. The van der Waals surface area contributed by atoms with Gasteiger partial charge in [-0.3, -0.25) is 0 Å². The number of hydrogen-bond acceptors (Lipinski definition) is 2. The van der Waals surface area contributed by atoms with E-state index in [0.717, 1.165) is 22.7 Å². The molecule has 5 heteroatoms. The summed E-state index contributed by atoms with van der Waals surface area (Å²) in [6.07, 6.45) is 0. The number of benzene rings is 9. The van der Waals surface area contributed by atoms with E-state index >= 15 is 0 Å². The number of rotatable bonds is 4. The van der Waals surface area contributed by atoms with Gasteiger partial charge in [-0.25, -0.2) is 0 Å². The molecule has 0 unspecified atom stereocenters. The van der Waals surface area contributed by atoms with Gasteiger partial charge < -0.3 is 18.9 Å². The monoisotopic (exact) mass is 862 g/mol. The lowest BCUT2D eigenvalue weighted by molar-refractivity contribution is 0.590. The molecule has 9 aromatic carbocycles. The highest BCUT2D eigenvalue weighted by atomic mass is 15.2. The molecule has 4 heterocycles. The second-order valence-electron chi connectivity index (χ2n) is 20.6. The van der Waals surface area contributed by atoms with Crippen molar-refractivity contribution in [2.45, 2.75) is 52.4 Å². The number of hydrogen-bond donors (Lipinski definition) is 0. The van der Waals surface area contributed by atoms with Gasteiger partial charge >= 0.3 is 0 Å². The summed E-state index contributed by atoms with van der Waals surface area (Å²) in [6, 6.07) is 75.3. The minimum atomic E-state index is -0.0224. The lowest BCUT2D eigenvalue weighted by Crippen LogP contribution is -2.61. The quantitative estimate of drug-likeness (QED) is 0.164. The van der Waals surface area contributed by atoms with Gasteiger partial charge in [0.25, 0.3) is 6.71 Å². The molecule has 11 aromatic rings. The molecule has 67 heavy (non-hydrogen) atoms. The van der Waals surface area contributed by atoms with Crippen molar-refractivity contribution in [3.8, 4) is 11.4 Å². The standard InChI is InChI=1S/C62H51BN4/c1-61(2,3)40-26-30-42(31-27-40)64-56-24-15-25-57-60(56)63(50-36-34-44(38-58(50)64)66-52-20-11-7-16-46(52)47-17-8-12-21-53(47)66)51-37-35-45(39-59(51)65(57)43-32-28-41(29-33-43)62(4,5)6)67-54-22-13-9-18-48(54)49-19-10-14-23-55(49)67/h7-39H,1-6H3.